The first-order chi connectivity index (χ1) is 10.3. The Hall–Kier alpha value is -1.57. The van der Waals surface area contributed by atoms with Gasteiger partial charge in [0.05, 0.1) is 0 Å². The third-order valence-corrected chi connectivity index (χ3v) is 3.43. The van der Waals surface area contributed by atoms with Gasteiger partial charge in [0.15, 0.2) is 0 Å². The maximum Gasteiger partial charge on any atom is 0.306 e. The van der Waals surface area contributed by atoms with Gasteiger partial charge in [0, 0.05) is 6.42 Å². The summed E-state index contributed by atoms with van der Waals surface area (Å²) in [6, 6.07) is 10.0. The van der Waals surface area contributed by atoms with Crippen molar-refractivity contribution in [2.24, 2.45) is 0 Å². The van der Waals surface area contributed by atoms with Gasteiger partial charge >= 0.3 is 5.97 Å². The van der Waals surface area contributed by atoms with Gasteiger partial charge in [-0.15, -0.1) is 0 Å². The first-order valence-corrected chi connectivity index (χ1v) is 8.20. The van der Waals surface area contributed by atoms with Gasteiger partial charge in [0.1, 0.15) is 6.61 Å². The lowest BCUT2D eigenvalue weighted by atomic mass is 10.1. The van der Waals surface area contributed by atoms with Crippen molar-refractivity contribution in [2.45, 2.75) is 58.3 Å². The van der Waals surface area contributed by atoms with E-state index in [1.807, 2.05) is 42.5 Å². The zero-order valence-electron chi connectivity index (χ0n) is 13.2. The first-order valence-electron chi connectivity index (χ1n) is 8.20. The minimum Gasteiger partial charge on any atom is -0.461 e. The second-order valence-electron chi connectivity index (χ2n) is 5.37. The lowest BCUT2D eigenvalue weighted by molar-refractivity contribution is -0.142. The van der Waals surface area contributed by atoms with Crippen molar-refractivity contribution in [3.8, 4) is 0 Å². The summed E-state index contributed by atoms with van der Waals surface area (Å²) in [6.45, 7) is 2.59. The van der Waals surface area contributed by atoms with Crippen molar-refractivity contribution in [3.05, 3.63) is 42.0 Å². The van der Waals surface area contributed by atoms with Gasteiger partial charge in [0.25, 0.3) is 0 Å². The maximum atomic E-state index is 11.5. The minimum absolute atomic E-state index is 0.0822. The third-order valence-electron chi connectivity index (χ3n) is 3.43. The fourth-order valence-electron chi connectivity index (χ4n) is 2.19. The highest BCUT2D eigenvalue weighted by atomic mass is 16.5. The van der Waals surface area contributed by atoms with Crippen molar-refractivity contribution in [2.75, 3.05) is 6.61 Å². The van der Waals surface area contributed by atoms with E-state index in [1.165, 1.54) is 32.1 Å². The summed E-state index contributed by atoms with van der Waals surface area (Å²) in [6.07, 6.45) is 13.0. The van der Waals surface area contributed by atoms with Crippen LogP contribution in [0.5, 0.6) is 0 Å². The SMILES string of the molecule is CCCCCCCCCC(=O)OCC=Cc1ccccc1. The molecule has 0 bridgehead atoms. The van der Waals surface area contributed by atoms with E-state index < -0.39 is 0 Å². The Kier molecular flexibility index (Phi) is 10.1. The number of ether oxygens (including phenoxy) is 1. The third kappa shape index (κ3) is 9.89. The molecule has 0 aliphatic carbocycles. The molecule has 2 nitrogen and oxygen atoms in total. The monoisotopic (exact) mass is 288 g/mol. The normalized spacial score (nSPS) is 10.9. The Morgan fingerprint density at radius 3 is 2.38 bits per heavy atom. The fourth-order valence-corrected chi connectivity index (χ4v) is 2.19. The van der Waals surface area contributed by atoms with Crippen LogP contribution in [0.2, 0.25) is 0 Å². The Bertz CT molecular complexity index is 395. The molecule has 1 rings (SSSR count). The summed E-state index contributed by atoms with van der Waals surface area (Å²) in [7, 11) is 0. The zero-order valence-corrected chi connectivity index (χ0v) is 13.2. The fraction of sp³-hybridized carbons (Fsp3) is 0.526. The van der Waals surface area contributed by atoms with E-state index in [2.05, 4.69) is 6.92 Å². The van der Waals surface area contributed by atoms with Gasteiger partial charge in [-0.3, -0.25) is 4.79 Å². The molecule has 0 radical (unpaired) electrons. The van der Waals surface area contributed by atoms with Crippen molar-refractivity contribution >= 4 is 12.0 Å². The maximum absolute atomic E-state index is 11.5. The zero-order chi connectivity index (χ0) is 15.2. The molecule has 0 atom stereocenters. The summed E-state index contributed by atoms with van der Waals surface area (Å²) in [5.41, 5.74) is 1.13. The molecule has 0 fully saturated rings. The first kappa shape index (κ1) is 17.5. The summed E-state index contributed by atoms with van der Waals surface area (Å²) < 4.78 is 5.18. The Morgan fingerprint density at radius 2 is 1.67 bits per heavy atom. The number of carbonyl (C=O) groups excluding carboxylic acids is 1. The second kappa shape index (κ2) is 12.2. The summed E-state index contributed by atoms with van der Waals surface area (Å²) >= 11 is 0. The van der Waals surface area contributed by atoms with E-state index in [1.54, 1.807) is 0 Å². The number of hydrogen-bond acceptors (Lipinski definition) is 2. The molecule has 21 heavy (non-hydrogen) atoms. The predicted octanol–water partition coefficient (Wildman–Crippen LogP) is 5.38. The van der Waals surface area contributed by atoms with Gasteiger partial charge in [0.2, 0.25) is 0 Å². The van der Waals surface area contributed by atoms with Crippen molar-refractivity contribution in [1.82, 2.24) is 0 Å². The number of unbranched alkanes of at least 4 members (excludes halogenated alkanes) is 6. The second-order valence-corrected chi connectivity index (χ2v) is 5.37. The van der Waals surface area contributed by atoms with Gasteiger partial charge in [-0.2, -0.15) is 0 Å². The summed E-state index contributed by atoms with van der Waals surface area (Å²) in [4.78, 5) is 11.5. The highest BCUT2D eigenvalue weighted by Gasteiger charge is 2.01. The van der Waals surface area contributed by atoms with Gasteiger partial charge in [-0.25, -0.2) is 0 Å². The molecule has 0 saturated heterocycles. The topological polar surface area (TPSA) is 26.3 Å². The molecular weight excluding hydrogens is 260 g/mol. The van der Waals surface area contributed by atoms with Crippen molar-refractivity contribution in [1.29, 1.82) is 0 Å². The van der Waals surface area contributed by atoms with Crippen LogP contribution in [-0.4, -0.2) is 12.6 Å². The average molecular weight is 288 g/mol. The Morgan fingerprint density at radius 1 is 1.00 bits per heavy atom. The van der Waals surface area contributed by atoms with Crippen LogP contribution >= 0.6 is 0 Å². The van der Waals surface area contributed by atoms with E-state index in [9.17, 15) is 4.79 Å². The van der Waals surface area contributed by atoms with Crippen LogP contribution in [-0.2, 0) is 9.53 Å². The lowest BCUT2D eigenvalue weighted by Crippen LogP contribution is -2.03. The summed E-state index contributed by atoms with van der Waals surface area (Å²) in [5, 5.41) is 0. The quantitative estimate of drug-likeness (QED) is 0.403. The highest BCUT2D eigenvalue weighted by Crippen LogP contribution is 2.09. The van der Waals surface area contributed by atoms with Crippen LogP contribution in [0.15, 0.2) is 36.4 Å². The number of esters is 1. The minimum atomic E-state index is -0.0822. The number of benzene rings is 1. The Labute approximate surface area is 129 Å². The highest BCUT2D eigenvalue weighted by molar-refractivity contribution is 5.69. The molecular formula is C19H28O2. The van der Waals surface area contributed by atoms with Crippen molar-refractivity contribution in [3.63, 3.8) is 0 Å². The van der Waals surface area contributed by atoms with E-state index >= 15 is 0 Å². The molecule has 2 heteroatoms. The lowest BCUT2D eigenvalue weighted by Gasteiger charge is -2.02. The van der Waals surface area contributed by atoms with Crippen LogP contribution in [0.3, 0.4) is 0 Å². The smallest absolute Gasteiger partial charge is 0.306 e. The standard InChI is InChI=1S/C19H28O2/c1-2-3-4-5-6-7-11-16-19(20)21-17-12-15-18-13-9-8-10-14-18/h8-10,12-15H,2-7,11,16-17H2,1H3. The predicted molar refractivity (Wildman–Crippen MR) is 89.0 cm³/mol. The molecule has 1 aromatic rings. The molecule has 0 aliphatic heterocycles. The number of rotatable bonds is 11. The van der Waals surface area contributed by atoms with Crippen molar-refractivity contribution < 1.29 is 9.53 Å². The van der Waals surface area contributed by atoms with Crippen LogP contribution in [0.4, 0.5) is 0 Å². The van der Waals surface area contributed by atoms with E-state index in [4.69, 9.17) is 4.74 Å². The Balaban J connectivity index is 1.98. The molecule has 0 saturated carbocycles. The van der Waals surface area contributed by atoms with Gasteiger partial charge in [-0.05, 0) is 18.1 Å². The van der Waals surface area contributed by atoms with Crippen LogP contribution in [0.1, 0.15) is 63.9 Å². The molecule has 0 spiro atoms. The van der Waals surface area contributed by atoms with Gasteiger partial charge in [-0.1, -0.05) is 81.9 Å². The van der Waals surface area contributed by atoms with Gasteiger partial charge < -0.3 is 4.74 Å². The van der Waals surface area contributed by atoms with Crippen LogP contribution in [0.25, 0.3) is 6.08 Å². The molecule has 0 heterocycles. The van der Waals surface area contributed by atoms with Crippen LogP contribution < -0.4 is 0 Å². The van der Waals surface area contributed by atoms with Crippen LogP contribution in [0, 0.1) is 0 Å². The molecule has 0 amide bonds. The molecule has 0 aliphatic rings. The number of carbonyl (C=O) groups is 1. The number of hydrogen-bond donors (Lipinski definition) is 0. The average Bonchev–Trinajstić information content (AvgIpc) is 2.52. The largest absolute Gasteiger partial charge is 0.461 e. The molecule has 116 valence electrons. The molecule has 0 N–H and O–H groups in total. The van der Waals surface area contributed by atoms with E-state index in [-0.39, 0.29) is 5.97 Å². The van der Waals surface area contributed by atoms with E-state index in [0.717, 1.165) is 18.4 Å². The molecule has 0 aromatic heterocycles. The van der Waals surface area contributed by atoms with E-state index in [0.29, 0.717) is 13.0 Å². The molecule has 1 aromatic carbocycles. The molecule has 0 unspecified atom stereocenters. The summed E-state index contributed by atoms with van der Waals surface area (Å²) in [5.74, 6) is -0.0822.